The summed E-state index contributed by atoms with van der Waals surface area (Å²) in [4.78, 5) is 2.69. The predicted molar refractivity (Wildman–Crippen MR) is 90.1 cm³/mol. The Morgan fingerprint density at radius 3 is 2.81 bits per heavy atom. The third kappa shape index (κ3) is 3.61. The normalized spacial score (nSPS) is 29.7. The molecule has 0 radical (unpaired) electrons. The van der Waals surface area contributed by atoms with Crippen molar-refractivity contribution in [2.45, 2.75) is 38.7 Å². The highest BCUT2D eigenvalue weighted by atomic mass is 16.5. The van der Waals surface area contributed by atoms with Crippen molar-refractivity contribution in [3.63, 3.8) is 0 Å². The van der Waals surface area contributed by atoms with Crippen LogP contribution in [0.3, 0.4) is 0 Å². The molecular formula is C17H27BN2O. The molecule has 3 unspecified atom stereocenters. The van der Waals surface area contributed by atoms with E-state index in [4.69, 9.17) is 4.74 Å². The number of nitrogens with zero attached hydrogens (tertiary/aromatic N) is 1. The van der Waals surface area contributed by atoms with Crippen LogP contribution in [0, 0.1) is 5.92 Å². The van der Waals surface area contributed by atoms with Gasteiger partial charge in [-0.3, -0.25) is 4.90 Å². The van der Waals surface area contributed by atoms with Gasteiger partial charge < -0.3 is 10.1 Å². The predicted octanol–water partition coefficient (Wildman–Crippen LogP) is 1.25. The first-order valence-corrected chi connectivity index (χ1v) is 8.44. The van der Waals surface area contributed by atoms with Gasteiger partial charge in [-0.2, -0.15) is 0 Å². The van der Waals surface area contributed by atoms with Crippen LogP contribution in [0.2, 0.25) is 6.82 Å². The van der Waals surface area contributed by atoms with E-state index in [1.807, 2.05) is 0 Å². The van der Waals surface area contributed by atoms with Crippen LogP contribution >= 0.6 is 0 Å². The topological polar surface area (TPSA) is 24.5 Å². The van der Waals surface area contributed by atoms with Crippen molar-refractivity contribution in [2.24, 2.45) is 5.92 Å². The summed E-state index contributed by atoms with van der Waals surface area (Å²) in [6.07, 6.45) is 2.57. The van der Waals surface area contributed by atoms with Crippen molar-refractivity contribution in [1.82, 2.24) is 10.2 Å². The van der Waals surface area contributed by atoms with Crippen LogP contribution in [0.15, 0.2) is 24.3 Å². The van der Waals surface area contributed by atoms with Crippen molar-refractivity contribution in [3.05, 3.63) is 24.3 Å². The molecule has 2 saturated heterocycles. The third-order valence-corrected chi connectivity index (χ3v) is 5.03. The monoisotopic (exact) mass is 286 g/mol. The van der Waals surface area contributed by atoms with E-state index in [0.717, 1.165) is 32.2 Å². The highest BCUT2D eigenvalue weighted by molar-refractivity contribution is 6.51. The summed E-state index contributed by atoms with van der Waals surface area (Å²) >= 11 is 0. The molecule has 21 heavy (non-hydrogen) atoms. The van der Waals surface area contributed by atoms with Gasteiger partial charge in [-0.25, -0.2) is 0 Å². The number of hydrogen-bond donors (Lipinski definition) is 1. The maximum atomic E-state index is 6.01. The van der Waals surface area contributed by atoms with Gasteiger partial charge in [-0.15, -0.1) is 0 Å². The smallest absolute Gasteiger partial charge is 0.154 e. The molecule has 1 N–H and O–H groups in total. The lowest BCUT2D eigenvalue weighted by Crippen LogP contribution is -2.39. The Bertz CT molecular complexity index is 445. The number of rotatable bonds is 5. The Kier molecular flexibility index (Phi) is 4.86. The van der Waals surface area contributed by atoms with Crippen LogP contribution in [-0.4, -0.2) is 50.5 Å². The van der Waals surface area contributed by atoms with Gasteiger partial charge >= 0.3 is 0 Å². The quantitative estimate of drug-likeness (QED) is 0.825. The first-order valence-electron chi connectivity index (χ1n) is 8.44. The molecule has 0 aromatic heterocycles. The fourth-order valence-electron chi connectivity index (χ4n) is 3.76. The standard InChI is InChI=1S/C17H27BN2O/c1-13-9-14(11-20(13)16-7-8-19-10-16)12-21-17-5-3-15(18-2)4-6-17/h3-6,13-14,16,18-19H,7-12H2,1-2H3. The molecule has 0 saturated carbocycles. The lowest BCUT2D eigenvalue weighted by atomic mass is 9.73. The van der Waals surface area contributed by atoms with E-state index in [1.165, 1.54) is 31.4 Å². The van der Waals surface area contributed by atoms with E-state index in [-0.39, 0.29) is 0 Å². The van der Waals surface area contributed by atoms with Crippen LogP contribution in [0.1, 0.15) is 19.8 Å². The highest BCUT2D eigenvalue weighted by Crippen LogP contribution is 2.27. The van der Waals surface area contributed by atoms with Crippen LogP contribution in [-0.2, 0) is 0 Å². The second kappa shape index (κ2) is 6.84. The van der Waals surface area contributed by atoms with Gasteiger partial charge in [0, 0.05) is 31.1 Å². The summed E-state index contributed by atoms with van der Waals surface area (Å²) in [6, 6.07) is 10.00. The number of nitrogens with one attached hydrogen (secondary N) is 1. The van der Waals surface area contributed by atoms with Gasteiger partial charge in [-0.1, -0.05) is 24.4 Å². The molecule has 0 bridgehead atoms. The lowest BCUT2D eigenvalue weighted by molar-refractivity contribution is 0.188. The molecule has 2 aliphatic heterocycles. The van der Waals surface area contributed by atoms with Crippen molar-refractivity contribution < 1.29 is 4.74 Å². The highest BCUT2D eigenvalue weighted by Gasteiger charge is 2.35. The zero-order valence-electron chi connectivity index (χ0n) is 13.3. The van der Waals surface area contributed by atoms with E-state index < -0.39 is 0 Å². The molecule has 3 rings (SSSR count). The average Bonchev–Trinajstić information content (AvgIpc) is 3.15. The van der Waals surface area contributed by atoms with Gasteiger partial charge in [0.05, 0.1) is 6.61 Å². The third-order valence-electron chi connectivity index (χ3n) is 5.03. The minimum absolute atomic E-state index is 0.673. The summed E-state index contributed by atoms with van der Waals surface area (Å²) in [6.45, 7) is 8.94. The second-order valence-corrected chi connectivity index (χ2v) is 6.60. The Labute approximate surface area is 129 Å². The molecule has 1 aromatic rings. The fourth-order valence-corrected chi connectivity index (χ4v) is 3.76. The van der Waals surface area contributed by atoms with Gasteiger partial charge in [0.1, 0.15) is 5.75 Å². The summed E-state index contributed by atoms with van der Waals surface area (Å²) in [5.74, 6) is 1.69. The van der Waals surface area contributed by atoms with Crippen LogP contribution in [0.5, 0.6) is 5.75 Å². The molecule has 4 heteroatoms. The first kappa shape index (κ1) is 14.9. The van der Waals surface area contributed by atoms with Crippen LogP contribution < -0.4 is 15.5 Å². The molecule has 0 amide bonds. The molecule has 3 atom stereocenters. The molecule has 1 aromatic carbocycles. The zero-order chi connectivity index (χ0) is 14.7. The molecule has 2 fully saturated rings. The van der Waals surface area contributed by atoms with Crippen LogP contribution in [0.4, 0.5) is 0 Å². The van der Waals surface area contributed by atoms with E-state index >= 15 is 0 Å². The Balaban J connectivity index is 1.49. The Morgan fingerprint density at radius 2 is 2.14 bits per heavy atom. The summed E-state index contributed by atoms with van der Waals surface area (Å²) in [5, 5.41) is 3.48. The van der Waals surface area contributed by atoms with Crippen molar-refractivity contribution in [3.8, 4) is 5.75 Å². The molecule has 0 aliphatic carbocycles. The van der Waals surface area contributed by atoms with Crippen LogP contribution in [0.25, 0.3) is 0 Å². The minimum atomic E-state index is 0.673. The van der Waals surface area contributed by atoms with Gasteiger partial charge in [0.25, 0.3) is 0 Å². The van der Waals surface area contributed by atoms with Gasteiger partial charge in [0.2, 0.25) is 0 Å². The molecule has 3 nitrogen and oxygen atoms in total. The van der Waals surface area contributed by atoms with E-state index in [9.17, 15) is 0 Å². The molecule has 114 valence electrons. The summed E-state index contributed by atoms with van der Waals surface area (Å²) in [7, 11) is 1.09. The molecule has 0 spiro atoms. The van der Waals surface area contributed by atoms with Crippen molar-refractivity contribution in [1.29, 1.82) is 0 Å². The minimum Gasteiger partial charge on any atom is -0.493 e. The number of benzene rings is 1. The van der Waals surface area contributed by atoms with Gasteiger partial charge in [-0.05, 0) is 38.4 Å². The molecular weight excluding hydrogens is 259 g/mol. The summed E-state index contributed by atoms with van der Waals surface area (Å²) in [5.41, 5.74) is 1.37. The first-order chi connectivity index (χ1) is 10.3. The van der Waals surface area contributed by atoms with E-state index in [2.05, 4.69) is 48.2 Å². The van der Waals surface area contributed by atoms with Crippen molar-refractivity contribution in [2.75, 3.05) is 26.2 Å². The number of ether oxygens (including phenoxy) is 1. The van der Waals surface area contributed by atoms with Crippen molar-refractivity contribution >= 4 is 12.7 Å². The lowest BCUT2D eigenvalue weighted by Gasteiger charge is -2.27. The SMILES string of the molecule is CBc1ccc(OCC2CC(C)N(C3CCNC3)C2)cc1. The number of hydrogen-bond acceptors (Lipinski definition) is 3. The number of likely N-dealkylation sites (tertiary alicyclic amines) is 1. The molecule has 2 heterocycles. The van der Waals surface area contributed by atoms with E-state index in [0.29, 0.717) is 12.0 Å². The van der Waals surface area contributed by atoms with Gasteiger partial charge in [0.15, 0.2) is 7.28 Å². The zero-order valence-corrected chi connectivity index (χ0v) is 13.3. The maximum absolute atomic E-state index is 6.01. The molecule has 2 aliphatic rings. The second-order valence-electron chi connectivity index (χ2n) is 6.60. The summed E-state index contributed by atoms with van der Waals surface area (Å²) < 4.78 is 6.01. The average molecular weight is 286 g/mol. The largest absolute Gasteiger partial charge is 0.493 e. The maximum Gasteiger partial charge on any atom is 0.154 e. The Morgan fingerprint density at radius 1 is 1.33 bits per heavy atom. The fraction of sp³-hybridized carbons (Fsp3) is 0.647. The Hall–Kier alpha value is -0.995. The van der Waals surface area contributed by atoms with E-state index in [1.54, 1.807) is 0 Å².